The van der Waals surface area contributed by atoms with E-state index in [1.165, 1.54) is 6.21 Å². The first-order valence-corrected chi connectivity index (χ1v) is 11.4. The summed E-state index contributed by atoms with van der Waals surface area (Å²) in [6, 6.07) is 7.65. The molecule has 1 saturated carbocycles. The lowest BCUT2D eigenvalue weighted by Crippen LogP contribution is -2.46. The van der Waals surface area contributed by atoms with Crippen molar-refractivity contribution in [3.63, 3.8) is 0 Å². The van der Waals surface area contributed by atoms with Crippen molar-refractivity contribution in [2.75, 3.05) is 20.1 Å². The number of amides is 1. The fourth-order valence-corrected chi connectivity index (χ4v) is 4.88. The zero-order valence-corrected chi connectivity index (χ0v) is 20.7. The minimum atomic E-state index is -0.0816. The second-order valence-electron chi connectivity index (χ2n) is 9.42. The number of benzene rings is 1. The standard InChI is InChI=1S/C26H36BN5O/c1-8-32(24(33)14-16-30-28-6)18-26(5)15-13-21(25(26,3)4)19(2)17-23(31-29-7)20-11-9-10-12-22(20)27/h9-12,16-17,21H,2,6,8,13-15,18H2,1,3-5,7H3/b23-17-,30-16+,31-29?. The van der Waals surface area contributed by atoms with Crippen LogP contribution in [0.4, 0.5) is 0 Å². The van der Waals surface area contributed by atoms with Gasteiger partial charge in [0, 0.05) is 33.1 Å². The summed E-state index contributed by atoms with van der Waals surface area (Å²) in [6.45, 7) is 17.9. The Balaban J connectivity index is 2.27. The summed E-state index contributed by atoms with van der Waals surface area (Å²) in [5, 5.41) is 15.5. The molecule has 0 saturated heterocycles. The molecule has 1 aliphatic carbocycles. The number of azo groups is 1. The van der Waals surface area contributed by atoms with Crippen LogP contribution in [-0.4, -0.2) is 51.7 Å². The van der Waals surface area contributed by atoms with Gasteiger partial charge in [-0.3, -0.25) is 4.79 Å². The van der Waals surface area contributed by atoms with E-state index < -0.39 is 0 Å². The highest BCUT2D eigenvalue weighted by Gasteiger charge is 2.52. The number of hydrogen-bond donors (Lipinski definition) is 0. The van der Waals surface area contributed by atoms with Crippen LogP contribution in [0.5, 0.6) is 0 Å². The van der Waals surface area contributed by atoms with Crippen LogP contribution in [0.25, 0.3) is 5.70 Å². The second kappa shape index (κ2) is 11.3. The number of allylic oxidation sites excluding steroid dienone is 2. The van der Waals surface area contributed by atoms with Crippen molar-refractivity contribution >= 4 is 37.8 Å². The molecule has 6 nitrogen and oxygen atoms in total. The molecular formula is C26H36BN5O. The first-order valence-electron chi connectivity index (χ1n) is 11.4. The Morgan fingerprint density at radius 2 is 2.00 bits per heavy atom. The minimum Gasteiger partial charge on any atom is -0.342 e. The van der Waals surface area contributed by atoms with Gasteiger partial charge in [-0.1, -0.05) is 57.1 Å². The Morgan fingerprint density at radius 3 is 2.61 bits per heavy atom. The van der Waals surface area contributed by atoms with Gasteiger partial charge in [0.05, 0.1) is 12.1 Å². The predicted molar refractivity (Wildman–Crippen MR) is 139 cm³/mol. The van der Waals surface area contributed by atoms with Crippen LogP contribution >= 0.6 is 0 Å². The minimum absolute atomic E-state index is 0.0503. The summed E-state index contributed by atoms with van der Waals surface area (Å²) in [6.07, 6.45) is 5.74. The molecule has 0 bridgehead atoms. The van der Waals surface area contributed by atoms with Gasteiger partial charge in [-0.2, -0.15) is 20.4 Å². The van der Waals surface area contributed by atoms with Gasteiger partial charge in [-0.25, -0.2) is 0 Å². The van der Waals surface area contributed by atoms with Gasteiger partial charge >= 0.3 is 0 Å². The molecule has 1 amide bonds. The molecule has 2 atom stereocenters. The van der Waals surface area contributed by atoms with Crippen LogP contribution < -0.4 is 5.46 Å². The van der Waals surface area contributed by atoms with Crippen molar-refractivity contribution in [2.24, 2.45) is 37.2 Å². The Morgan fingerprint density at radius 1 is 1.30 bits per heavy atom. The van der Waals surface area contributed by atoms with Crippen molar-refractivity contribution < 1.29 is 4.79 Å². The third-order valence-corrected chi connectivity index (χ3v) is 7.33. The Labute approximate surface area is 200 Å². The van der Waals surface area contributed by atoms with Crippen molar-refractivity contribution in [3.05, 3.63) is 48.1 Å². The molecule has 1 fully saturated rings. The Bertz CT molecular complexity index is 965. The fourth-order valence-electron chi connectivity index (χ4n) is 4.88. The van der Waals surface area contributed by atoms with Gasteiger partial charge in [-0.15, -0.1) is 0 Å². The van der Waals surface area contributed by atoms with Crippen molar-refractivity contribution in [1.29, 1.82) is 0 Å². The topological polar surface area (TPSA) is 69.8 Å². The van der Waals surface area contributed by atoms with Crippen molar-refractivity contribution in [1.82, 2.24) is 4.90 Å². The number of hydrogen-bond acceptors (Lipinski definition) is 5. The SMILES string of the molecule is [B]c1ccccc1/C(=C/C(=C)C1CCC(C)(CN(CC)C(=O)C/C=N/N=C)C1(C)C)N=NC. The maximum Gasteiger partial charge on any atom is 0.228 e. The molecule has 33 heavy (non-hydrogen) atoms. The number of rotatable bonds is 10. The Kier molecular flexibility index (Phi) is 9.09. The normalized spacial score (nSPS) is 22.7. The molecule has 0 aliphatic heterocycles. The molecule has 1 aromatic carbocycles. The molecule has 2 rings (SSSR count). The number of nitrogens with zero attached hydrogens (tertiary/aromatic N) is 5. The average Bonchev–Trinajstić information content (AvgIpc) is 3.01. The lowest BCUT2D eigenvalue weighted by Gasteiger charge is -2.45. The highest BCUT2D eigenvalue weighted by Crippen LogP contribution is 2.58. The van der Waals surface area contributed by atoms with E-state index >= 15 is 0 Å². The molecule has 1 aromatic rings. The highest BCUT2D eigenvalue weighted by atomic mass is 16.2. The van der Waals surface area contributed by atoms with E-state index in [4.69, 9.17) is 7.85 Å². The fraction of sp³-hybridized carbons (Fsp3) is 0.500. The molecule has 1 aliphatic rings. The van der Waals surface area contributed by atoms with Gasteiger partial charge in [0.2, 0.25) is 5.91 Å². The molecule has 0 spiro atoms. The first-order chi connectivity index (χ1) is 15.6. The van der Waals surface area contributed by atoms with Gasteiger partial charge in [0.25, 0.3) is 0 Å². The molecular weight excluding hydrogens is 409 g/mol. The molecule has 0 N–H and O–H groups in total. The highest BCUT2D eigenvalue weighted by molar-refractivity contribution is 6.34. The quantitative estimate of drug-likeness (QED) is 0.167. The number of carbonyl (C=O) groups is 1. The lowest BCUT2D eigenvalue weighted by molar-refractivity contribution is -0.132. The van der Waals surface area contributed by atoms with Crippen LogP contribution in [0, 0.1) is 16.7 Å². The summed E-state index contributed by atoms with van der Waals surface area (Å²) in [5.41, 5.74) is 3.08. The maximum atomic E-state index is 12.7. The zero-order chi connectivity index (χ0) is 24.6. The number of carbonyl (C=O) groups excluding carboxylic acids is 1. The molecule has 174 valence electrons. The summed E-state index contributed by atoms with van der Waals surface area (Å²) < 4.78 is 0. The van der Waals surface area contributed by atoms with Crippen molar-refractivity contribution in [2.45, 2.75) is 47.0 Å². The maximum absolute atomic E-state index is 12.7. The zero-order valence-electron chi connectivity index (χ0n) is 20.7. The molecule has 0 aromatic heterocycles. The molecule has 7 heteroatoms. The van der Waals surface area contributed by atoms with E-state index in [1.807, 2.05) is 42.2 Å². The van der Waals surface area contributed by atoms with Crippen LogP contribution in [0.15, 0.2) is 62.9 Å². The third kappa shape index (κ3) is 5.95. The summed E-state index contributed by atoms with van der Waals surface area (Å²) >= 11 is 0. The van der Waals surface area contributed by atoms with Gasteiger partial charge in [-0.05, 0) is 53.7 Å². The predicted octanol–water partition coefficient (Wildman–Crippen LogP) is 4.83. The van der Waals surface area contributed by atoms with Crippen LogP contribution in [0.2, 0.25) is 0 Å². The van der Waals surface area contributed by atoms with E-state index in [0.29, 0.717) is 24.2 Å². The van der Waals surface area contributed by atoms with Crippen molar-refractivity contribution in [3.8, 4) is 0 Å². The monoisotopic (exact) mass is 445 g/mol. The summed E-state index contributed by atoms with van der Waals surface area (Å²) in [7, 11) is 7.84. The van der Waals surface area contributed by atoms with Crippen LogP contribution in [0.1, 0.15) is 52.5 Å². The summed E-state index contributed by atoms with van der Waals surface area (Å²) in [4.78, 5) is 14.6. The third-order valence-electron chi connectivity index (χ3n) is 7.33. The van der Waals surface area contributed by atoms with E-state index in [9.17, 15) is 4.79 Å². The second-order valence-corrected chi connectivity index (χ2v) is 9.42. The van der Waals surface area contributed by atoms with E-state index in [1.54, 1.807) is 7.05 Å². The lowest BCUT2D eigenvalue weighted by atomic mass is 9.64. The van der Waals surface area contributed by atoms with Crippen LogP contribution in [-0.2, 0) is 4.79 Å². The smallest absolute Gasteiger partial charge is 0.228 e. The molecule has 0 heterocycles. The van der Waals surface area contributed by atoms with E-state index in [-0.39, 0.29) is 29.1 Å². The van der Waals surface area contributed by atoms with E-state index in [0.717, 1.165) is 24.0 Å². The Hall–Kier alpha value is -2.83. The van der Waals surface area contributed by atoms with Gasteiger partial charge < -0.3 is 4.90 Å². The van der Waals surface area contributed by atoms with Gasteiger partial charge in [0.1, 0.15) is 7.85 Å². The van der Waals surface area contributed by atoms with E-state index in [2.05, 4.69) is 54.5 Å². The van der Waals surface area contributed by atoms with Gasteiger partial charge in [0.15, 0.2) is 0 Å². The summed E-state index contributed by atoms with van der Waals surface area (Å²) in [5.74, 6) is 0.295. The first kappa shape index (κ1) is 26.4. The average molecular weight is 445 g/mol. The van der Waals surface area contributed by atoms with Crippen LogP contribution in [0.3, 0.4) is 0 Å². The largest absolute Gasteiger partial charge is 0.342 e. The molecule has 2 unspecified atom stereocenters. The molecule has 2 radical (unpaired) electrons.